The molecule has 4 heteroatoms. The molecule has 0 spiro atoms. The molecule has 3 rings (SSSR count). The molecule has 0 amide bonds. The van der Waals surface area contributed by atoms with E-state index < -0.39 is 0 Å². The maximum absolute atomic E-state index is 11.3. The van der Waals surface area contributed by atoms with Crippen molar-refractivity contribution in [1.82, 2.24) is 0 Å². The molecule has 23 heavy (non-hydrogen) atoms. The van der Waals surface area contributed by atoms with E-state index in [-0.39, 0.29) is 46.8 Å². The predicted octanol–water partition coefficient (Wildman–Crippen LogP) is 2.95. The molecule has 0 heterocycles. The summed E-state index contributed by atoms with van der Waals surface area (Å²) in [7, 11) is 0. The Morgan fingerprint density at radius 3 is 1.43 bits per heavy atom. The van der Waals surface area contributed by atoms with Crippen LogP contribution in [0.1, 0.15) is 11.1 Å². The summed E-state index contributed by atoms with van der Waals surface area (Å²) in [6, 6.07) is 13.8. The number of ketones is 1. The van der Waals surface area contributed by atoms with Gasteiger partial charge in [0, 0.05) is 0 Å². The third-order valence-corrected chi connectivity index (χ3v) is 3.45. The molecule has 0 aromatic heterocycles. The number of phenols is 2. The van der Waals surface area contributed by atoms with Crippen molar-refractivity contribution >= 4 is 40.9 Å². The summed E-state index contributed by atoms with van der Waals surface area (Å²) in [5.41, 5.74) is 3.67. The summed E-state index contributed by atoms with van der Waals surface area (Å²) in [6.07, 6.45) is 6.60. The minimum absolute atomic E-state index is 0. The first kappa shape index (κ1) is 17.3. The van der Waals surface area contributed by atoms with Gasteiger partial charge in [-0.1, -0.05) is 36.4 Å². The van der Waals surface area contributed by atoms with Gasteiger partial charge in [0.25, 0.3) is 0 Å². The van der Waals surface area contributed by atoms with Gasteiger partial charge in [-0.3, -0.25) is 4.79 Å². The van der Waals surface area contributed by atoms with E-state index in [9.17, 15) is 15.0 Å². The topological polar surface area (TPSA) is 57.5 Å². The zero-order chi connectivity index (χ0) is 15.5. The van der Waals surface area contributed by atoms with Gasteiger partial charge in [-0.05, 0) is 58.7 Å². The Morgan fingerprint density at radius 2 is 1.04 bits per heavy atom. The van der Waals surface area contributed by atoms with Gasteiger partial charge < -0.3 is 10.2 Å². The van der Waals surface area contributed by atoms with Crippen molar-refractivity contribution in [3.63, 3.8) is 0 Å². The average Bonchev–Trinajstić information content (AvgIpc) is 2.53. The van der Waals surface area contributed by atoms with Gasteiger partial charge in [0.2, 0.25) is 0 Å². The van der Waals surface area contributed by atoms with Crippen molar-refractivity contribution in [2.24, 2.45) is 0 Å². The van der Waals surface area contributed by atoms with Crippen LogP contribution in [-0.4, -0.2) is 45.6 Å². The molecule has 0 atom stereocenters. The van der Waals surface area contributed by atoms with E-state index in [2.05, 4.69) is 0 Å². The molecular formula is C19H15NaO3. The second-order valence-electron chi connectivity index (χ2n) is 4.99. The molecule has 3 nitrogen and oxygen atoms in total. The van der Waals surface area contributed by atoms with Crippen molar-refractivity contribution in [3.8, 4) is 11.5 Å². The summed E-state index contributed by atoms with van der Waals surface area (Å²) < 4.78 is 0. The van der Waals surface area contributed by atoms with Crippen LogP contribution in [0.2, 0.25) is 0 Å². The monoisotopic (exact) mass is 314 g/mol. The van der Waals surface area contributed by atoms with Crippen LogP contribution in [0.25, 0.3) is 5.57 Å². The number of allylic oxidation sites excluding steroid dienone is 5. The number of carbonyl (C=O) groups is 1. The summed E-state index contributed by atoms with van der Waals surface area (Å²) in [6.45, 7) is 0. The van der Waals surface area contributed by atoms with Crippen molar-refractivity contribution in [2.45, 2.75) is 0 Å². The molecule has 0 saturated heterocycles. The van der Waals surface area contributed by atoms with Crippen LogP contribution in [0.4, 0.5) is 0 Å². The molecule has 0 saturated carbocycles. The number of rotatable bonds is 2. The molecule has 110 valence electrons. The second kappa shape index (κ2) is 7.47. The van der Waals surface area contributed by atoms with Gasteiger partial charge in [-0.15, -0.1) is 0 Å². The van der Waals surface area contributed by atoms with Gasteiger partial charge in [0.15, 0.2) is 5.78 Å². The molecule has 1 aliphatic rings. The van der Waals surface area contributed by atoms with Crippen LogP contribution < -0.4 is 0 Å². The molecule has 0 radical (unpaired) electrons. The Morgan fingerprint density at radius 1 is 0.652 bits per heavy atom. The molecule has 0 aliphatic heterocycles. The molecule has 0 bridgehead atoms. The Hall–Kier alpha value is -2.07. The fraction of sp³-hybridized carbons (Fsp3) is 0. The maximum atomic E-state index is 11.3. The van der Waals surface area contributed by atoms with Crippen molar-refractivity contribution in [3.05, 3.63) is 89.5 Å². The first-order valence-electron chi connectivity index (χ1n) is 6.87. The summed E-state index contributed by atoms with van der Waals surface area (Å²) in [4.78, 5) is 11.3. The fourth-order valence-corrected chi connectivity index (χ4v) is 2.38. The normalized spacial score (nSPS) is 12.9. The molecular weight excluding hydrogens is 299 g/mol. The number of benzene rings is 2. The Balaban J connectivity index is 0.00000192. The number of aromatic hydroxyl groups is 2. The Kier molecular flexibility index (Phi) is 5.61. The number of hydrogen-bond donors (Lipinski definition) is 2. The Labute approximate surface area is 156 Å². The molecule has 2 aromatic carbocycles. The van der Waals surface area contributed by atoms with E-state index in [4.69, 9.17) is 0 Å². The molecule has 0 fully saturated rings. The van der Waals surface area contributed by atoms with Crippen molar-refractivity contribution < 1.29 is 15.0 Å². The Bertz CT molecular complexity index is 732. The van der Waals surface area contributed by atoms with E-state index in [1.54, 1.807) is 36.4 Å². The molecule has 1 aliphatic carbocycles. The first-order chi connectivity index (χ1) is 10.6. The summed E-state index contributed by atoms with van der Waals surface area (Å²) in [5, 5.41) is 18.9. The van der Waals surface area contributed by atoms with Gasteiger partial charge in [-0.25, -0.2) is 0 Å². The van der Waals surface area contributed by atoms with Crippen LogP contribution in [0, 0.1) is 0 Å². The van der Waals surface area contributed by atoms with E-state index in [1.807, 2.05) is 24.3 Å². The second-order valence-corrected chi connectivity index (χ2v) is 4.99. The number of carbonyl (C=O) groups excluding carboxylic acids is 1. The van der Waals surface area contributed by atoms with Gasteiger partial charge in [0.05, 0.1) is 0 Å². The third-order valence-electron chi connectivity index (χ3n) is 3.45. The SMILES string of the molecule is O=C1C=CC(=C(c2ccc(O)cc2)c2ccc(O)cc2)C=C1.[NaH]. The van der Waals surface area contributed by atoms with E-state index in [1.165, 1.54) is 12.2 Å². The van der Waals surface area contributed by atoms with Crippen LogP contribution in [-0.2, 0) is 4.79 Å². The molecule has 0 unspecified atom stereocenters. The molecule has 2 aromatic rings. The van der Waals surface area contributed by atoms with E-state index >= 15 is 0 Å². The predicted molar refractivity (Wildman–Crippen MR) is 92.7 cm³/mol. The van der Waals surface area contributed by atoms with Gasteiger partial charge in [-0.2, -0.15) is 0 Å². The van der Waals surface area contributed by atoms with Crippen molar-refractivity contribution in [2.75, 3.05) is 0 Å². The molecule has 2 N–H and O–H groups in total. The van der Waals surface area contributed by atoms with Gasteiger partial charge >= 0.3 is 29.6 Å². The summed E-state index contributed by atoms with van der Waals surface area (Å²) in [5.74, 6) is 0.354. The quantitative estimate of drug-likeness (QED) is 0.838. The van der Waals surface area contributed by atoms with E-state index in [0.717, 1.165) is 22.3 Å². The van der Waals surface area contributed by atoms with Crippen LogP contribution in [0.5, 0.6) is 11.5 Å². The van der Waals surface area contributed by atoms with Crippen molar-refractivity contribution in [1.29, 1.82) is 0 Å². The van der Waals surface area contributed by atoms with Crippen LogP contribution in [0.15, 0.2) is 78.4 Å². The minimum atomic E-state index is -0.0421. The fourth-order valence-electron chi connectivity index (χ4n) is 2.38. The zero-order valence-corrected chi connectivity index (χ0v) is 11.7. The standard InChI is InChI=1S/C19H14O3.Na.H/c20-16-7-1-13(2-8-16)19(14-3-9-17(21)10-4-14)15-5-11-18(22)12-6-15;;/h1-12,20-21H;;. The van der Waals surface area contributed by atoms with Crippen LogP contribution >= 0.6 is 0 Å². The van der Waals surface area contributed by atoms with E-state index in [0.29, 0.717) is 0 Å². The van der Waals surface area contributed by atoms with Gasteiger partial charge in [0.1, 0.15) is 11.5 Å². The summed E-state index contributed by atoms with van der Waals surface area (Å²) >= 11 is 0. The average molecular weight is 314 g/mol. The number of hydrogen-bond acceptors (Lipinski definition) is 3. The number of phenolic OH excluding ortho intramolecular Hbond substituents is 2. The zero-order valence-electron chi connectivity index (χ0n) is 11.7. The first-order valence-corrected chi connectivity index (χ1v) is 6.87. The third kappa shape index (κ3) is 4.02. The van der Waals surface area contributed by atoms with Crippen LogP contribution in [0.3, 0.4) is 0 Å².